The Hall–Kier alpha value is -1.18. The fourth-order valence-electron chi connectivity index (χ4n) is 0.685. The Morgan fingerprint density at radius 2 is 2.07 bits per heavy atom. The molecule has 0 radical (unpaired) electrons. The highest BCUT2D eigenvalue weighted by atomic mass is 79.9. The van der Waals surface area contributed by atoms with Gasteiger partial charge in [0.1, 0.15) is 0 Å². The average Bonchev–Trinajstić information content (AvgIpc) is 2.02. The van der Waals surface area contributed by atoms with Gasteiger partial charge in [-0.2, -0.15) is 13.2 Å². The van der Waals surface area contributed by atoms with Gasteiger partial charge in [-0.05, 0) is 15.9 Å². The van der Waals surface area contributed by atoms with E-state index in [1.165, 1.54) is 0 Å². The third-order valence-electron chi connectivity index (χ3n) is 1.23. The van der Waals surface area contributed by atoms with Crippen LogP contribution in [-0.2, 0) is 6.18 Å². The van der Waals surface area contributed by atoms with Crippen LogP contribution in [0.2, 0.25) is 0 Å². The number of carbonyl (C=O) groups excluding carboxylic acids is 1. The van der Waals surface area contributed by atoms with Crippen molar-refractivity contribution in [3.8, 4) is 0 Å². The summed E-state index contributed by atoms with van der Waals surface area (Å²) in [6, 6.07) is 0. The van der Waals surface area contributed by atoms with Crippen molar-refractivity contribution in [1.82, 2.24) is 9.97 Å². The van der Waals surface area contributed by atoms with Crippen LogP contribution in [0.15, 0.2) is 10.7 Å². The Labute approximate surface area is 84.5 Å². The molecule has 1 aromatic heterocycles. The van der Waals surface area contributed by atoms with Crippen molar-refractivity contribution in [2.45, 2.75) is 6.18 Å². The Morgan fingerprint density at radius 3 is 2.50 bits per heavy atom. The Bertz CT molecular complexity index is 379. The molecule has 0 spiro atoms. The molecule has 1 aromatic rings. The zero-order chi connectivity index (χ0) is 10.9. The molecular weight excluding hydrogens is 267 g/mol. The fraction of sp³-hybridized carbons (Fsp3) is 0.167. The topological polar surface area (TPSA) is 68.9 Å². The van der Waals surface area contributed by atoms with Crippen molar-refractivity contribution in [2.75, 3.05) is 0 Å². The number of hydrogen-bond donors (Lipinski definition) is 1. The number of nitrogens with zero attached hydrogens (tertiary/aromatic N) is 2. The first-order chi connectivity index (χ1) is 6.32. The number of alkyl halides is 3. The molecular formula is C6H3BrF3N3O. The van der Waals surface area contributed by atoms with E-state index >= 15 is 0 Å². The second-order valence-corrected chi connectivity index (χ2v) is 3.11. The van der Waals surface area contributed by atoms with Gasteiger partial charge in [0.05, 0.1) is 4.47 Å². The van der Waals surface area contributed by atoms with Gasteiger partial charge in [0.15, 0.2) is 5.69 Å². The summed E-state index contributed by atoms with van der Waals surface area (Å²) in [6.45, 7) is 0. The molecule has 0 aliphatic carbocycles. The van der Waals surface area contributed by atoms with Gasteiger partial charge in [-0.3, -0.25) is 4.79 Å². The molecule has 1 heterocycles. The van der Waals surface area contributed by atoms with Crippen LogP contribution >= 0.6 is 15.9 Å². The molecule has 0 aliphatic rings. The summed E-state index contributed by atoms with van der Waals surface area (Å²) in [5, 5.41) is 0. The molecule has 0 atom stereocenters. The molecule has 8 heteroatoms. The molecule has 0 bridgehead atoms. The van der Waals surface area contributed by atoms with Gasteiger partial charge in [0, 0.05) is 6.20 Å². The average molecular weight is 270 g/mol. The highest BCUT2D eigenvalue weighted by Crippen LogP contribution is 2.32. The number of amides is 1. The maximum absolute atomic E-state index is 12.2. The first-order valence-electron chi connectivity index (χ1n) is 3.22. The summed E-state index contributed by atoms with van der Waals surface area (Å²) >= 11 is 2.62. The van der Waals surface area contributed by atoms with Crippen molar-refractivity contribution in [2.24, 2.45) is 5.73 Å². The molecule has 76 valence electrons. The number of primary amides is 1. The van der Waals surface area contributed by atoms with E-state index in [9.17, 15) is 18.0 Å². The maximum Gasteiger partial charge on any atom is 0.434 e. The minimum absolute atomic E-state index is 0.338. The van der Waals surface area contributed by atoms with Gasteiger partial charge in [-0.1, -0.05) is 0 Å². The van der Waals surface area contributed by atoms with Crippen LogP contribution in [0.25, 0.3) is 0 Å². The van der Waals surface area contributed by atoms with E-state index in [0.717, 1.165) is 6.20 Å². The third kappa shape index (κ3) is 2.19. The molecule has 1 rings (SSSR count). The van der Waals surface area contributed by atoms with Crippen molar-refractivity contribution in [1.29, 1.82) is 0 Å². The van der Waals surface area contributed by atoms with Crippen LogP contribution in [0.5, 0.6) is 0 Å². The van der Waals surface area contributed by atoms with Crippen LogP contribution in [-0.4, -0.2) is 15.9 Å². The van der Waals surface area contributed by atoms with Crippen molar-refractivity contribution < 1.29 is 18.0 Å². The number of aromatic nitrogens is 2. The van der Waals surface area contributed by atoms with Gasteiger partial charge in [-0.15, -0.1) is 0 Å². The van der Waals surface area contributed by atoms with Crippen LogP contribution in [0.4, 0.5) is 13.2 Å². The lowest BCUT2D eigenvalue weighted by Gasteiger charge is -2.07. The SMILES string of the molecule is NC(=O)c1ncc(Br)c(C(F)(F)F)n1. The summed E-state index contributed by atoms with van der Waals surface area (Å²) < 4.78 is 36.3. The lowest BCUT2D eigenvalue weighted by molar-refractivity contribution is -0.141. The molecule has 14 heavy (non-hydrogen) atoms. The normalized spacial score (nSPS) is 11.4. The zero-order valence-corrected chi connectivity index (χ0v) is 8.06. The van der Waals surface area contributed by atoms with E-state index in [2.05, 4.69) is 25.9 Å². The van der Waals surface area contributed by atoms with Crippen molar-refractivity contribution >= 4 is 21.8 Å². The molecule has 1 amide bonds. The van der Waals surface area contributed by atoms with Gasteiger partial charge in [-0.25, -0.2) is 9.97 Å². The Balaban J connectivity index is 3.29. The quantitative estimate of drug-likeness (QED) is 0.837. The van der Waals surface area contributed by atoms with E-state index in [1.807, 2.05) is 0 Å². The zero-order valence-electron chi connectivity index (χ0n) is 6.47. The second kappa shape index (κ2) is 3.52. The molecule has 2 N–H and O–H groups in total. The molecule has 0 unspecified atom stereocenters. The Kier molecular flexibility index (Phi) is 2.74. The van der Waals surface area contributed by atoms with Crippen molar-refractivity contribution in [3.05, 3.63) is 22.2 Å². The second-order valence-electron chi connectivity index (χ2n) is 2.25. The summed E-state index contributed by atoms with van der Waals surface area (Å²) in [7, 11) is 0. The minimum atomic E-state index is -4.65. The minimum Gasteiger partial charge on any atom is -0.363 e. The number of nitrogens with two attached hydrogens (primary N) is 1. The van der Waals surface area contributed by atoms with E-state index in [0.29, 0.717) is 0 Å². The van der Waals surface area contributed by atoms with E-state index in [1.54, 1.807) is 0 Å². The van der Waals surface area contributed by atoms with Crippen LogP contribution < -0.4 is 5.73 Å². The molecule has 0 saturated carbocycles. The first-order valence-corrected chi connectivity index (χ1v) is 4.01. The number of rotatable bonds is 1. The fourth-order valence-corrected chi connectivity index (χ4v) is 1.10. The maximum atomic E-state index is 12.2. The third-order valence-corrected chi connectivity index (χ3v) is 1.81. The van der Waals surface area contributed by atoms with Crippen LogP contribution in [0.1, 0.15) is 16.3 Å². The monoisotopic (exact) mass is 269 g/mol. The predicted molar refractivity (Wildman–Crippen MR) is 43.3 cm³/mol. The molecule has 0 aliphatic heterocycles. The smallest absolute Gasteiger partial charge is 0.363 e. The Morgan fingerprint density at radius 1 is 1.50 bits per heavy atom. The van der Waals surface area contributed by atoms with Gasteiger partial charge in [0.2, 0.25) is 5.82 Å². The summed E-state index contributed by atoms with van der Waals surface area (Å²) in [5.41, 5.74) is 3.51. The largest absolute Gasteiger partial charge is 0.434 e. The first kappa shape index (κ1) is 10.9. The van der Waals surface area contributed by atoms with Crippen molar-refractivity contribution in [3.63, 3.8) is 0 Å². The number of hydrogen-bond acceptors (Lipinski definition) is 3. The molecule has 4 nitrogen and oxygen atoms in total. The summed E-state index contributed by atoms with van der Waals surface area (Å²) in [4.78, 5) is 16.8. The lowest BCUT2D eigenvalue weighted by atomic mass is 10.4. The number of halogens is 4. The van der Waals surface area contributed by atoms with E-state index in [-0.39, 0.29) is 4.47 Å². The van der Waals surface area contributed by atoms with Gasteiger partial charge < -0.3 is 5.73 Å². The molecule has 0 saturated heterocycles. The molecule has 0 aromatic carbocycles. The standard InChI is InChI=1S/C6H3BrF3N3O/c7-2-1-12-5(4(11)14)13-3(2)6(8,9)10/h1H,(H2,11,14). The van der Waals surface area contributed by atoms with Gasteiger partial charge >= 0.3 is 6.18 Å². The number of carbonyl (C=O) groups is 1. The highest BCUT2D eigenvalue weighted by Gasteiger charge is 2.35. The molecule has 0 fully saturated rings. The lowest BCUT2D eigenvalue weighted by Crippen LogP contribution is -2.19. The predicted octanol–water partition coefficient (Wildman–Crippen LogP) is 1.36. The van der Waals surface area contributed by atoms with E-state index in [4.69, 9.17) is 5.73 Å². The summed E-state index contributed by atoms with van der Waals surface area (Å²) in [5.74, 6) is -1.77. The van der Waals surface area contributed by atoms with Crippen LogP contribution in [0, 0.1) is 0 Å². The van der Waals surface area contributed by atoms with E-state index < -0.39 is 23.6 Å². The highest BCUT2D eigenvalue weighted by molar-refractivity contribution is 9.10. The summed E-state index contributed by atoms with van der Waals surface area (Å²) in [6.07, 6.45) is -3.82. The van der Waals surface area contributed by atoms with Gasteiger partial charge in [0.25, 0.3) is 5.91 Å². The van der Waals surface area contributed by atoms with Crippen LogP contribution in [0.3, 0.4) is 0 Å².